The summed E-state index contributed by atoms with van der Waals surface area (Å²) in [4.78, 5) is 22.2. The van der Waals surface area contributed by atoms with Gasteiger partial charge in [-0.2, -0.15) is 0 Å². The topological polar surface area (TPSA) is 73.1 Å². The number of aromatic nitrogens is 2. The lowest BCUT2D eigenvalue weighted by Gasteiger charge is -2.40. The summed E-state index contributed by atoms with van der Waals surface area (Å²) in [5.74, 6) is -0.0685. The number of aryl methyl sites for hydroxylation is 1. The summed E-state index contributed by atoms with van der Waals surface area (Å²) in [6.07, 6.45) is 7.99. The molecule has 0 aliphatic heterocycles. The van der Waals surface area contributed by atoms with E-state index in [0.29, 0.717) is 28.2 Å². The zero-order valence-electron chi connectivity index (χ0n) is 21.3. The lowest BCUT2D eigenvalue weighted by atomic mass is 9.89. The molecule has 1 amide bonds. The predicted molar refractivity (Wildman–Crippen MR) is 142 cm³/mol. The lowest BCUT2D eigenvalue weighted by molar-refractivity contribution is 0.0950. The molecule has 4 rings (SSSR count). The highest BCUT2D eigenvalue weighted by molar-refractivity contribution is 6.31. The van der Waals surface area contributed by atoms with Crippen molar-refractivity contribution in [2.45, 2.75) is 65.1 Å². The Balaban J connectivity index is 1.56. The molecule has 3 aromatic rings. The highest BCUT2D eigenvalue weighted by atomic mass is 35.5. The van der Waals surface area contributed by atoms with Crippen LogP contribution < -0.4 is 10.2 Å². The first-order chi connectivity index (χ1) is 16.7. The van der Waals surface area contributed by atoms with Gasteiger partial charge in [0.25, 0.3) is 5.91 Å². The average molecular weight is 498 g/mol. The van der Waals surface area contributed by atoms with Gasteiger partial charge < -0.3 is 24.6 Å². The standard InChI is InChI=1S/C27H36ClN5O2/c1-6-32(21-9-7-20(8-10-21)31(4)5)24-13-19(28)12-22(18(24)3)27(35)30-14-23-25-15-29-16-33(25)17(2)11-26(23)34/h11-13,15-16,20-21,34H,6-10,14H2,1-5H3,(H,30,35). The number of amides is 1. The molecule has 0 unspecified atom stereocenters. The van der Waals surface area contributed by atoms with E-state index < -0.39 is 0 Å². The van der Waals surface area contributed by atoms with Crippen molar-refractivity contribution in [3.05, 3.63) is 58.1 Å². The molecule has 8 heteroatoms. The van der Waals surface area contributed by atoms with Crippen LogP contribution in [0.25, 0.3) is 5.52 Å². The van der Waals surface area contributed by atoms with Crippen LogP contribution in [0.5, 0.6) is 5.75 Å². The van der Waals surface area contributed by atoms with Crippen LogP contribution in [0.2, 0.25) is 5.02 Å². The van der Waals surface area contributed by atoms with Crippen molar-refractivity contribution in [2.24, 2.45) is 0 Å². The molecule has 1 fully saturated rings. The first kappa shape index (κ1) is 25.3. The Labute approximate surface area is 212 Å². The summed E-state index contributed by atoms with van der Waals surface area (Å²) >= 11 is 6.53. The van der Waals surface area contributed by atoms with Crippen LogP contribution in [0.15, 0.2) is 30.7 Å². The van der Waals surface area contributed by atoms with Crippen molar-refractivity contribution >= 4 is 28.7 Å². The first-order valence-corrected chi connectivity index (χ1v) is 12.7. The number of fused-ring (bicyclic) bond motifs is 1. The summed E-state index contributed by atoms with van der Waals surface area (Å²) in [6, 6.07) is 6.46. The molecular formula is C27H36ClN5O2. The highest BCUT2D eigenvalue weighted by Gasteiger charge is 2.28. The monoisotopic (exact) mass is 497 g/mol. The summed E-state index contributed by atoms with van der Waals surface area (Å²) in [6.45, 7) is 7.10. The fourth-order valence-electron chi connectivity index (χ4n) is 5.44. The maximum atomic E-state index is 13.3. The molecule has 0 bridgehead atoms. The maximum Gasteiger partial charge on any atom is 0.251 e. The van der Waals surface area contributed by atoms with Gasteiger partial charge in [-0.15, -0.1) is 0 Å². The van der Waals surface area contributed by atoms with Crippen LogP contribution >= 0.6 is 11.6 Å². The van der Waals surface area contributed by atoms with Gasteiger partial charge in [0.05, 0.1) is 18.0 Å². The lowest BCUT2D eigenvalue weighted by Crippen LogP contribution is -2.42. The summed E-state index contributed by atoms with van der Waals surface area (Å²) in [5.41, 5.74) is 4.79. The summed E-state index contributed by atoms with van der Waals surface area (Å²) < 4.78 is 1.90. The number of benzene rings is 1. The molecule has 0 saturated heterocycles. The second-order valence-corrected chi connectivity index (χ2v) is 10.2. The molecule has 2 aromatic heterocycles. The van der Waals surface area contributed by atoms with E-state index in [4.69, 9.17) is 11.6 Å². The number of pyridine rings is 1. The molecule has 0 radical (unpaired) electrons. The van der Waals surface area contributed by atoms with Gasteiger partial charge in [-0.1, -0.05) is 11.6 Å². The van der Waals surface area contributed by atoms with E-state index in [1.807, 2.05) is 24.3 Å². The molecule has 188 valence electrons. The van der Waals surface area contributed by atoms with Gasteiger partial charge in [-0.05, 0) is 84.3 Å². The second kappa shape index (κ2) is 10.5. The number of imidazole rings is 1. The number of nitrogens with one attached hydrogen (secondary N) is 1. The van der Waals surface area contributed by atoms with Crippen LogP contribution in [0, 0.1) is 13.8 Å². The van der Waals surface area contributed by atoms with Crippen molar-refractivity contribution < 1.29 is 9.90 Å². The van der Waals surface area contributed by atoms with Crippen LogP contribution in [-0.4, -0.2) is 58.0 Å². The normalized spacial score (nSPS) is 18.3. The number of anilines is 1. The van der Waals surface area contributed by atoms with Crippen molar-refractivity contribution in [1.29, 1.82) is 0 Å². The molecule has 1 aromatic carbocycles. The van der Waals surface area contributed by atoms with Crippen LogP contribution in [-0.2, 0) is 6.54 Å². The van der Waals surface area contributed by atoms with Gasteiger partial charge in [0, 0.05) is 52.7 Å². The van der Waals surface area contributed by atoms with Gasteiger partial charge >= 0.3 is 0 Å². The SMILES string of the molecule is CCN(c1cc(Cl)cc(C(=O)NCc2c(O)cc(C)n3cncc23)c1C)C1CCC(N(C)C)CC1. The van der Waals surface area contributed by atoms with Crippen molar-refractivity contribution in [3.63, 3.8) is 0 Å². The largest absolute Gasteiger partial charge is 0.507 e. The van der Waals surface area contributed by atoms with Gasteiger partial charge in [-0.3, -0.25) is 4.79 Å². The Morgan fingerprint density at radius 2 is 1.86 bits per heavy atom. The third-order valence-electron chi connectivity index (χ3n) is 7.49. The molecule has 0 atom stereocenters. The number of carbonyl (C=O) groups excluding carboxylic acids is 1. The smallest absolute Gasteiger partial charge is 0.251 e. The number of carbonyl (C=O) groups is 1. The molecule has 35 heavy (non-hydrogen) atoms. The molecule has 2 N–H and O–H groups in total. The van der Waals surface area contributed by atoms with E-state index in [1.165, 1.54) is 12.8 Å². The third kappa shape index (κ3) is 5.11. The van der Waals surface area contributed by atoms with E-state index in [9.17, 15) is 9.90 Å². The zero-order valence-corrected chi connectivity index (χ0v) is 22.1. The first-order valence-electron chi connectivity index (χ1n) is 12.4. The number of rotatable bonds is 7. The zero-order chi connectivity index (χ0) is 25.3. The van der Waals surface area contributed by atoms with Gasteiger partial charge in [0.15, 0.2) is 0 Å². The van der Waals surface area contributed by atoms with Gasteiger partial charge in [0.2, 0.25) is 0 Å². The molecule has 0 spiro atoms. The van der Waals surface area contributed by atoms with Crippen LogP contribution in [0.4, 0.5) is 5.69 Å². The minimum absolute atomic E-state index is 0.143. The van der Waals surface area contributed by atoms with Crippen molar-refractivity contribution in [2.75, 3.05) is 25.5 Å². The van der Waals surface area contributed by atoms with Crippen LogP contribution in [0.3, 0.4) is 0 Å². The van der Waals surface area contributed by atoms with Crippen LogP contribution in [0.1, 0.15) is 59.8 Å². The molecular weight excluding hydrogens is 462 g/mol. The van der Waals surface area contributed by atoms with E-state index >= 15 is 0 Å². The van der Waals surface area contributed by atoms with Crippen molar-refractivity contribution in [3.8, 4) is 5.75 Å². The summed E-state index contributed by atoms with van der Waals surface area (Å²) in [5, 5.41) is 14.0. The number of aromatic hydroxyl groups is 1. The Kier molecular flexibility index (Phi) is 7.57. The Morgan fingerprint density at radius 1 is 1.17 bits per heavy atom. The minimum atomic E-state index is -0.212. The van der Waals surface area contributed by atoms with Gasteiger partial charge in [-0.25, -0.2) is 4.98 Å². The molecule has 1 saturated carbocycles. The molecule has 2 heterocycles. The minimum Gasteiger partial charge on any atom is -0.507 e. The fourth-order valence-corrected chi connectivity index (χ4v) is 5.65. The highest BCUT2D eigenvalue weighted by Crippen LogP contribution is 2.34. The maximum absolute atomic E-state index is 13.3. The fraction of sp³-hybridized carbons (Fsp3) is 0.481. The number of hydrogen-bond donors (Lipinski definition) is 2. The van der Waals surface area contributed by atoms with Crippen molar-refractivity contribution in [1.82, 2.24) is 19.6 Å². The Hall–Kier alpha value is -2.77. The van der Waals surface area contributed by atoms with E-state index in [2.05, 4.69) is 41.1 Å². The second-order valence-electron chi connectivity index (χ2n) is 9.79. The Morgan fingerprint density at radius 3 is 2.51 bits per heavy atom. The molecule has 1 aliphatic rings. The predicted octanol–water partition coefficient (Wildman–Crippen LogP) is 4.94. The summed E-state index contributed by atoms with van der Waals surface area (Å²) in [7, 11) is 4.31. The van der Waals surface area contributed by atoms with Gasteiger partial charge in [0.1, 0.15) is 5.75 Å². The van der Waals surface area contributed by atoms with E-state index in [0.717, 1.165) is 41.8 Å². The molecule has 1 aliphatic carbocycles. The van der Waals surface area contributed by atoms with E-state index in [-0.39, 0.29) is 18.2 Å². The number of nitrogens with zero attached hydrogens (tertiary/aromatic N) is 4. The number of hydrogen-bond acceptors (Lipinski definition) is 5. The Bertz CT molecular complexity index is 1210. The quantitative estimate of drug-likeness (QED) is 0.483. The average Bonchev–Trinajstić information content (AvgIpc) is 3.32. The third-order valence-corrected chi connectivity index (χ3v) is 7.70. The number of halogens is 1. The molecule has 7 nitrogen and oxygen atoms in total. The van der Waals surface area contributed by atoms with E-state index in [1.54, 1.807) is 24.7 Å².